The number of ether oxygens (including phenoxy) is 1. The third-order valence-electron chi connectivity index (χ3n) is 5.18. The second kappa shape index (κ2) is 7.46. The minimum atomic E-state index is 0. The Balaban J connectivity index is 0.00000182. The number of halogens is 1. The van der Waals surface area contributed by atoms with Crippen molar-refractivity contribution < 1.29 is 9.53 Å². The number of para-hydroxylation sites is 1. The highest BCUT2D eigenvalue weighted by atomic mass is 35.5. The zero-order valence-electron chi connectivity index (χ0n) is 14.3. The topological polar surface area (TPSA) is 41.6 Å². The van der Waals surface area contributed by atoms with Crippen molar-refractivity contribution in [2.45, 2.75) is 18.4 Å². The normalized spacial score (nSPS) is 21.6. The van der Waals surface area contributed by atoms with Gasteiger partial charge in [-0.1, -0.05) is 42.5 Å². The van der Waals surface area contributed by atoms with Gasteiger partial charge in [-0.3, -0.25) is 4.79 Å². The van der Waals surface area contributed by atoms with Crippen molar-refractivity contribution in [2.24, 2.45) is 0 Å². The molecule has 1 aliphatic carbocycles. The predicted molar refractivity (Wildman–Crippen MR) is 100 cm³/mol. The number of fused-ring (bicyclic) bond motifs is 1. The molecule has 1 aliphatic heterocycles. The molecule has 1 saturated heterocycles. The van der Waals surface area contributed by atoms with Gasteiger partial charge in [-0.05, 0) is 23.6 Å². The quantitative estimate of drug-likeness (QED) is 0.917. The highest BCUT2D eigenvalue weighted by Gasteiger charge is 2.38. The van der Waals surface area contributed by atoms with Gasteiger partial charge < -0.3 is 15.0 Å². The molecule has 1 N–H and O–H groups in total. The molecule has 0 bridgehead atoms. The Labute approximate surface area is 154 Å². The number of methoxy groups -OCH3 is 1. The Morgan fingerprint density at radius 2 is 1.84 bits per heavy atom. The molecule has 2 unspecified atom stereocenters. The molecular formula is C20H23ClN2O2. The van der Waals surface area contributed by atoms with Gasteiger partial charge in [0.05, 0.1) is 19.1 Å². The van der Waals surface area contributed by atoms with E-state index in [1.54, 1.807) is 7.11 Å². The average Bonchev–Trinajstić information content (AvgIpc) is 2.62. The summed E-state index contributed by atoms with van der Waals surface area (Å²) in [5.41, 5.74) is 3.58. The third-order valence-corrected chi connectivity index (χ3v) is 5.18. The van der Waals surface area contributed by atoms with Crippen molar-refractivity contribution in [1.82, 2.24) is 10.2 Å². The molecule has 1 heterocycles. The summed E-state index contributed by atoms with van der Waals surface area (Å²) in [6.07, 6.45) is 0.859. The predicted octanol–water partition coefficient (Wildman–Crippen LogP) is 2.93. The molecular weight excluding hydrogens is 336 g/mol. The van der Waals surface area contributed by atoms with Gasteiger partial charge in [0.15, 0.2) is 0 Å². The molecule has 2 atom stereocenters. The van der Waals surface area contributed by atoms with Crippen molar-refractivity contribution in [3.8, 4) is 5.75 Å². The van der Waals surface area contributed by atoms with Crippen LogP contribution in [0.25, 0.3) is 0 Å². The summed E-state index contributed by atoms with van der Waals surface area (Å²) in [5.74, 6) is 1.10. The van der Waals surface area contributed by atoms with Crippen LogP contribution in [0.2, 0.25) is 0 Å². The SMILES string of the molecule is COc1ccccc1C1CNCCN1C(=O)C1Cc2ccccc21.Cl. The van der Waals surface area contributed by atoms with E-state index < -0.39 is 0 Å². The Morgan fingerprint density at radius 3 is 2.60 bits per heavy atom. The summed E-state index contributed by atoms with van der Waals surface area (Å²) in [7, 11) is 1.68. The zero-order valence-corrected chi connectivity index (χ0v) is 15.1. The van der Waals surface area contributed by atoms with Crippen LogP contribution >= 0.6 is 12.4 Å². The molecule has 25 heavy (non-hydrogen) atoms. The first-order valence-corrected chi connectivity index (χ1v) is 8.51. The van der Waals surface area contributed by atoms with E-state index in [1.807, 2.05) is 35.2 Å². The Hall–Kier alpha value is -2.04. The summed E-state index contributed by atoms with van der Waals surface area (Å²) >= 11 is 0. The summed E-state index contributed by atoms with van der Waals surface area (Å²) in [6, 6.07) is 16.3. The number of hydrogen-bond donors (Lipinski definition) is 1. The van der Waals surface area contributed by atoms with Crippen molar-refractivity contribution in [2.75, 3.05) is 26.7 Å². The number of nitrogens with one attached hydrogen (secondary N) is 1. The minimum Gasteiger partial charge on any atom is -0.496 e. The van der Waals surface area contributed by atoms with E-state index in [-0.39, 0.29) is 30.3 Å². The van der Waals surface area contributed by atoms with Crippen LogP contribution < -0.4 is 10.1 Å². The van der Waals surface area contributed by atoms with E-state index in [9.17, 15) is 4.79 Å². The smallest absolute Gasteiger partial charge is 0.231 e. The number of carbonyl (C=O) groups is 1. The van der Waals surface area contributed by atoms with Crippen LogP contribution in [0.1, 0.15) is 28.7 Å². The molecule has 2 aromatic carbocycles. The molecule has 4 rings (SSSR count). The van der Waals surface area contributed by atoms with E-state index in [1.165, 1.54) is 11.1 Å². The highest BCUT2D eigenvalue weighted by Crippen LogP contribution is 2.39. The van der Waals surface area contributed by atoms with Crippen molar-refractivity contribution >= 4 is 18.3 Å². The molecule has 1 amide bonds. The van der Waals surface area contributed by atoms with Crippen LogP contribution in [0.15, 0.2) is 48.5 Å². The van der Waals surface area contributed by atoms with Gasteiger partial charge in [0.25, 0.3) is 0 Å². The van der Waals surface area contributed by atoms with Crippen molar-refractivity contribution in [3.63, 3.8) is 0 Å². The second-order valence-corrected chi connectivity index (χ2v) is 6.45. The van der Waals surface area contributed by atoms with Crippen LogP contribution in [0.4, 0.5) is 0 Å². The maximum absolute atomic E-state index is 13.2. The fraction of sp³-hybridized carbons (Fsp3) is 0.350. The van der Waals surface area contributed by atoms with Gasteiger partial charge in [-0.25, -0.2) is 0 Å². The minimum absolute atomic E-state index is 0. The number of rotatable bonds is 3. The van der Waals surface area contributed by atoms with Crippen molar-refractivity contribution in [1.29, 1.82) is 0 Å². The van der Waals surface area contributed by atoms with Gasteiger partial charge in [0.1, 0.15) is 5.75 Å². The maximum atomic E-state index is 13.2. The van der Waals surface area contributed by atoms with Crippen molar-refractivity contribution in [3.05, 3.63) is 65.2 Å². The Bertz CT molecular complexity index is 765. The molecule has 2 aromatic rings. The summed E-state index contributed by atoms with van der Waals surface area (Å²) in [5, 5.41) is 3.41. The van der Waals surface area contributed by atoms with Gasteiger partial charge in [-0.2, -0.15) is 0 Å². The standard InChI is InChI=1S/C20H22N2O2.ClH/c1-24-19-9-5-4-8-16(19)18-13-21-10-11-22(18)20(23)17-12-14-6-2-3-7-15(14)17;/h2-9,17-18,21H,10-13H2,1H3;1H. The Morgan fingerprint density at radius 1 is 1.12 bits per heavy atom. The molecule has 0 aromatic heterocycles. The zero-order chi connectivity index (χ0) is 16.5. The number of piperazine rings is 1. The monoisotopic (exact) mass is 358 g/mol. The third kappa shape index (κ3) is 3.12. The molecule has 0 saturated carbocycles. The molecule has 2 aliphatic rings. The lowest BCUT2D eigenvalue weighted by Crippen LogP contribution is -2.51. The van der Waals surface area contributed by atoms with E-state index in [0.29, 0.717) is 0 Å². The van der Waals surface area contributed by atoms with E-state index in [4.69, 9.17) is 4.74 Å². The molecule has 5 heteroatoms. The fourth-order valence-electron chi connectivity index (χ4n) is 3.87. The number of carbonyl (C=O) groups excluding carboxylic acids is 1. The van der Waals surface area contributed by atoms with Gasteiger partial charge in [0.2, 0.25) is 5.91 Å². The van der Waals surface area contributed by atoms with Gasteiger partial charge in [0, 0.05) is 25.2 Å². The van der Waals surface area contributed by atoms with E-state index in [0.717, 1.165) is 37.4 Å². The lowest BCUT2D eigenvalue weighted by atomic mass is 9.76. The van der Waals surface area contributed by atoms with Crippen LogP contribution in [0.5, 0.6) is 5.75 Å². The first-order chi connectivity index (χ1) is 11.8. The second-order valence-electron chi connectivity index (χ2n) is 6.45. The lowest BCUT2D eigenvalue weighted by Gasteiger charge is -2.41. The van der Waals surface area contributed by atoms with Crippen LogP contribution in [0, 0.1) is 0 Å². The fourth-order valence-corrected chi connectivity index (χ4v) is 3.87. The lowest BCUT2D eigenvalue weighted by molar-refractivity contribution is -0.136. The number of amides is 1. The number of benzene rings is 2. The molecule has 0 radical (unpaired) electrons. The molecule has 4 nitrogen and oxygen atoms in total. The van der Waals surface area contributed by atoms with E-state index in [2.05, 4.69) is 23.5 Å². The van der Waals surface area contributed by atoms with Crippen LogP contribution in [0.3, 0.4) is 0 Å². The summed E-state index contributed by atoms with van der Waals surface area (Å²) < 4.78 is 5.52. The Kier molecular flexibility index (Phi) is 5.30. The first-order valence-electron chi connectivity index (χ1n) is 8.51. The number of hydrogen-bond acceptors (Lipinski definition) is 3. The highest BCUT2D eigenvalue weighted by molar-refractivity contribution is 5.87. The molecule has 1 fully saturated rings. The van der Waals surface area contributed by atoms with Crippen LogP contribution in [-0.4, -0.2) is 37.6 Å². The maximum Gasteiger partial charge on any atom is 0.231 e. The van der Waals surface area contributed by atoms with Gasteiger partial charge >= 0.3 is 0 Å². The molecule has 132 valence electrons. The van der Waals surface area contributed by atoms with E-state index >= 15 is 0 Å². The van der Waals surface area contributed by atoms with Crippen LogP contribution in [-0.2, 0) is 11.2 Å². The first kappa shape index (κ1) is 17.8. The number of nitrogens with zero attached hydrogens (tertiary/aromatic N) is 1. The summed E-state index contributed by atoms with van der Waals surface area (Å²) in [4.78, 5) is 15.2. The largest absolute Gasteiger partial charge is 0.496 e. The summed E-state index contributed by atoms with van der Waals surface area (Å²) in [6.45, 7) is 2.34. The van der Waals surface area contributed by atoms with Gasteiger partial charge in [-0.15, -0.1) is 12.4 Å². The average molecular weight is 359 g/mol. The molecule has 0 spiro atoms.